The van der Waals surface area contributed by atoms with E-state index in [4.69, 9.17) is 6.42 Å². The first-order valence-corrected chi connectivity index (χ1v) is 5.39. The lowest BCUT2D eigenvalue weighted by atomic mass is 10.0. The Kier molecular flexibility index (Phi) is 4.39. The molecular formula is C14H19N. The van der Waals surface area contributed by atoms with Gasteiger partial charge >= 0.3 is 0 Å². The van der Waals surface area contributed by atoms with Crippen LogP contribution in [0, 0.1) is 26.2 Å². The van der Waals surface area contributed by atoms with Crippen molar-refractivity contribution in [1.29, 1.82) is 0 Å². The van der Waals surface area contributed by atoms with Crippen molar-refractivity contribution < 1.29 is 0 Å². The number of nitrogens with one attached hydrogen (secondary N) is 1. The van der Waals surface area contributed by atoms with Gasteiger partial charge in [0.1, 0.15) is 0 Å². The third kappa shape index (κ3) is 3.42. The van der Waals surface area contributed by atoms with Crippen LogP contribution in [0.5, 0.6) is 0 Å². The van der Waals surface area contributed by atoms with E-state index in [2.05, 4.69) is 50.2 Å². The van der Waals surface area contributed by atoms with Crippen LogP contribution in [0.4, 0.5) is 0 Å². The fourth-order valence-electron chi connectivity index (χ4n) is 1.78. The lowest BCUT2D eigenvalue weighted by Crippen LogP contribution is -2.20. The molecule has 0 fully saturated rings. The van der Waals surface area contributed by atoms with E-state index in [0.29, 0.717) is 6.04 Å². The van der Waals surface area contributed by atoms with E-state index in [1.165, 1.54) is 16.7 Å². The Hall–Kier alpha value is -1.26. The second-order valence-corrected chi connectivity index (χ2v) is 3.99. The number of hydrogen-bond acceptors (Lipinski definition) is 1. The molecule has 1 N–H and O–H groups in total. The van der Waals surface area contributed by atoms with Crippen LogP contribution in [-0.2, 0) is 0 Å². The van der Waals surface area contributed by atoms with E-state index in [0.717, 1.165) is 13.0 Å². The van der Waals surface area contributed by atoms with Gasteiger partial charge in [-0.05, 0) is 31.9 Å². The molecule has 0 aliphatic carbocycles. The molecule has 0 aliphatic rings. The molecular weight excluding hydrogens is 182 g/mol. The Morgan fingerprint density at radius 2 is 2.13 bits per heavy atom. The smallest absolute Gasteiger partial charge is 0.0294 e. The molecule has 0 spiro atoms. The van der Waals surface area contributed by atoms with Gasteiger partial charge in [0.2, 0.25) is 0 Å². The van der Waals surface area contributed by atoms with E-state index < -0.39 is 0 Å². The van der Waals surface area contributed by atoms with Crippen LogP contribution in [0.2, 0.25) is 0 Å². The van der Waals surface area contributed by atoms with Gasteiger partial charge in [-0.2, -0.15) is 0 Å². The second-order valence-electron chi connectivity index (χ2n) is 3.99. The van der Waals surface area contributed by atoms with Gasteiger partial charge in [-0.1, -0.05) is 23.8 Å². The van der Waals surface area contributed by atoms with Crippen molar-refractivity contribution in [3.8, 4) is 12.3 Å². The predicted molar refractivity (Wildman–Crippen MR) is 65.8 cm³/mol. The summed E-state index contributed by atoms with van der Waals surface area (Å²) < 4.78 is 0. The summed E-state index contributed by atoms with van der Waals surface area (Å²) in [6.07, 6.45) is 6.00. The summed E-state index contributed by atoms with van der Waals surface area (Å²) in [5.41, 5.74) is 4.01. The highest BCUT2D eigenvalue weighted by Crippen LogP contribution is 2.18. The maximum absolute atomic E-state index is 5.21. The summed E-state index contributed by atoms with van der Waals surface area (Å²) >= 11 is 0. The predicted octanol–water partition coefficient (Wildman–Crippen LogP) is 2.98. The number of aryl methyl sites for hydroxylation is 2. The molecule has 0 aromatic heterocycles. The molecule has 1 aromatic carbocycles. The van der Waals surface area contributed by atoms with Crippen LogP contribution in [0.15, 0.2) is 18.2 Å². The van der Waals surface area contributed by atoms with Gasteiger partial charge in [0, 0.05) is 19.0 Å². The molecule has 1 rings (SSSR count). The summed E-state index contributed by atoms with van der Waals surface area (Å²) in [6, 6.07) is 6.94. The monoisotopic (exact) mass is 201 g/mol. The molecule has 0 amide bonds. The van der Waals surface area contributed by atoms with Crippen LogP contribution in [0.1, 0.15) is 36.1 Å². The fraction of sp³-hybridized carbons (Fsp3) is 0.429. The first-order chi connectivity index (χ1) is 7.15. The van der Waals surface area contributed by atoms with Crippen LogP contribution < -0.4 is 5.32 Å². The van der Waals surface area contributed by atoms with Crippen molar-refractivity contribution in [1.82, 2.24) is 5.32 Å². The SMILES string of the molecule is C#CCCNC(C)c1ccc(C)cc1C. The van der Waals surface area contributed by atoms with Crippen molar-refractivity contribution in [2.75, 3.05) is 6.54 Å². The number of rotatable bonds is 4. The molecule has 1 nitrogen and oxygen atoms in total. The largest absolute Gasteiger partial charge is 0.309 e. The Bertz CT molecular complexity index is 360. The highest BCUT2D eigenvalue weighted by atomic mass is 14.9. The zero-order chi connectivity index (χ0) is 11.3. The summed E-state index contributed by atoms with van der Waals surface area (Å²) in [7, 11) is 0. The summed E-state index contributed by atoms with van der Waals surface area (Å²) in [5.74, 6) is 2.64. The molecule has 0 aliphatic heterocycles. The van der Waals surface area contributed by atoms with Crippen molar-refractivity contribution in [2.45, 2.75) is 33.2 Å². The molecule has 1 atom stereocenters. The van der Waals surface area contributed by atoms with E-state index in [-0.39, 0.29) is 0 Å². The van der Waals surface area contributed by atoms with E-state index in [1.54, 1.807) is 0 Å². The Morgan fingerprint density at radius 1 is 1.40 bits per heavy atom. The molecule has 0 saturated heterocycles. The molecule has 80 valence electrons. The lowest BCUT2D eigenvalue weighted by Gasteiger charge is -2.16. The van der Waals surface area contributed by atoms with Crippen molar-refractivity contribution in [3.63, 3.8) is 0 Å². The minimum absolute atomic E-state index is 0.374. The van der Waals surface area contributed by atoms with Gasteiger partial charge in [-0.3, -0.25) is 0 Å². The lowest BCUT2D eigenvalue weighted by molar-refractivity contribution is 0.581. The van der Waals surface area contributed by atoms with E-state index >= 15 is 0 Å². The first-order valence-electron chi connectivity index (χ1n) is 5.39. The highest BCUT2D eigenvalue weighted by molar-refractivity contribution is 5.32. The molecule has 0 radical (unpaired) electrons. The van der Waals surface area contributed by atoms with Gasteiger partial charge in [-0.25, -0.2) is 0 Å². The number of benzene rings is 1. The maximum Gasteiger partial charge on any atom is 0.0294 e. The third-order valence-corrected chi connectivity index (χ3v) is 2.61. The fourth-order valence-corrected chi connectivity index (χ4v) is 1.78. The number of terminal acetylenes is 1. The van der Waals surface area contributed by atoms with Gasteiger partial charge in [0.25, 0.3) is 0 Å². The van der Waals surface area contributed by atoms with Crippen molar-refractivity contribution in [3.05, 3.63) is 34.9 Å². The molecule has 1 unspecified atom stereocenters. The molecule has 0 saturated carbocycles. The normalized spacial score (nSPS) is 12.1. The standard InChI is InChI=1S/C14H19N/c1-5-6-9-15-13(4)14-8-7-11(2)10-12(14)3/h1,7-8,10,13,15H,6,9H2,2-4H3. The van der Waals surface area contributed by atoms with Crippen LogP contribution in [0.3, 0.4) is 0 Å². The average molecular weight is 201 g/mol. The van der Waals surface area contributed by atoms with Gasteiger partial charge in [-0.15, -0.1) is 12.3 Å². The third-order valence-electron chi connectivity index (χ3n) is 2.61. The summed E-state index contributed by atoms with van der Waals surface area (Å²) in [5, 5.41) is 3.42. The number of hydrogen-bond donors (Lipinski definition) is 1. The molecule has 0 heterocycles. The van der Waals surface area contributed by atoms with Crippen molar-refractivity contribution in [2.24, 2.45) is 0 Å². The summed E-state index contributed by atoms with van der Waals surface area (Å²) in [4.78, 5) is 0. The van der Waals surface area contributed by atoms with Crippen LogP contribution in [0.25, 0.3) is 0 Å². The quantitative estimate of drug-likeness (QED) is 0.583. The topological polar surface area (TPSA) is 12.0 Å². The Labute approximate surface area is 92.9 Å². The maximum atomic E-state index is 5.21. The summed E-state index contributed by atoms with van der Waals surface area (Å²) in [6.45, 7) is 7.33. The van der Waals surface area contributed by atoms with E-state index in [9.17, 15) is 0 Å². The minimum Gasteiger partial charge on any atom is -0.309 e. The Balaban J connectivity index is 2.66. The molecule has 15 heavy (non-hydrogen) atoms. The zero-order valence-corrected chi connectivity index (χ0v) is 9.80. The minimum atomic E-state index is 0.374. The van der Waals surface area contributed by atoms with Gasteiger partial charge in [0.15, 0.2) is 0 Å². The van der Waals surface area contributed by atoms with Crippen LogP contribution >= 0.6 is 0 Å². The second kappa shape index (κ2) is 5.58. The van der Waals surface area contributed by atoms with E-state index in [1.807, 2.05) is 0 Å². The average Bonchev–Trinajstić information content (AvgIpc) is 2.17. The molecule has 1 aromatic rings. The van der Waals surface area contributed by atoms with Crippen molar-refractivity contribution >= 4 is 0 Å². The van der Waals surface area contributed by atoms with Crippen LogP contribution in [-0.4, -0.2) is 6.54 Å². The highest BCUT2D eigenvalue weighted by Gasteiger charge is 2.06. The molecule has 0 bridgehead atoms. The zero-order valence-electron chi connectivity index (χ0n) is 9.80. The van der Waals surface area contributed by atoms with Gasteiger partial charge in [0.05, 0.1) is 0 Å². The van der Waals surface area contributed by atoms with Gasteiger partial charge < -0.3 is 5.32 Å². The Morgan fingerprint density at radius 3 is 2.73 bits per heavy atom. The first kappa shape index (κ1) is 11.8. The molecule has 1 heteroatoms.